The summed E-state index contributed by atoms with van der Waals surface area (Å²) in [5, 5.41) is 18.0. The molecule has 58 valence electrons. The van der Waals surface area contributed by atoms with Crippen molar-refractivity contribution in [1.82, 2.24) is 0 Å². The van der Waals surface area contributed by atoms with Crippen molar-refractivity contribution in [2.45, 2.75) is 24.9 Å². The standard InChI is InChI=1S/C9H11NO/c10-8-4-7-9(11)5-2-1-3-6-9/h1-3,5,11H,4,6-7H2. The molecule has 0 aromatic rings. The Balaban J connectivity index is 2.48. The Labute approximate surface area is 66.5 Å². The Morgan fingerprint density at radius 2 is 2.36 bits per heavy atom. The number of hydrogen-bond donors (Lipinski definition) is 1. The van der Waals surface area contributed by atoms with Gasteiger partial charge in [0.2, 0.25) is 0 Å². The lowest BCUT2D eigenvalue weighted by molar-refractivity contribution is 0.0850. The van der Waals surface area contributed by atoms with Crippen LogP contribution in [0.5, 0.6) is 0 Å². The third-order valence-electron chi connectivity index (χ3n) is 1.79. The van der Waals surface area contributed by atoms with E-state index in [4.69, 9.17) is 5.26 Å². The zero-order chi connectivity index (χ0) is 8.16. The number of nitriles is 1. The van der Waals surface area contributed by atoms with Gasteiger partial charge in [0, 0.05) is 6.42 Å². The molecular formula is C9H11NO. The van der Waals surface area contributed by atoms with Crippen LogP contribution < -0.4 is 0 Å². The highest BCUT2D eigenvalue weighted by molar-refractivity contribution is 5.17. The van der Waals surface area contributed by atoms with E-state index in [0.717, 1.165) is 0 Å². The molecule has 1 atom stereocenters. The Kier molecular flexibility index (Phi) is 2.45. The van der Waals surface area contributed by atoms with E-state index in [1.54, 1.807) is 6.08 Å². The average molecular weight is 149 g/mol. The lowest BCUT2D eigenvalue weighted by Crippen LogP contribution is -2.25. The second kappa shape index (κ2) is 3.36. The molecule has 0 fully saturated rings. The van der Waals surface area contributed by atoms with Crippen LogP contribution in [-0.2, 0) is 0 Å². The van der Waals surface area contributed by atoms with Crippen molar-refractivity contribution in [2.75, 3.05) is 0 Å². The van der Waals surface area contributed by atoms with E-state index in [9.17, 15) is 5.11 Å². The van der Waals surface area contributed by atoms with E-state index in [1.807, 2.05) is 24.3 Å². The molecule has 1 aliphatic carbocycles. The summed E-state index contributed by atoms with van der Waals surface area (Å²) in [6, 6.07) is 2.02. The smallest absolute Gasteiger partial charge is 0.0874 e. The molecule has 0 amide bonds. The fraction of sp³-hybridized carbons (Fsp3) is 0.444. The fourth-order valence-corrected chi connectivity index (χ4v) is 1.11. The molecule has 0 spiro atoms. The zero-order valence-electron chi connectivity index (χ0n) is 6.33. The van der Waals surface area contributed by atoms with Crippen LogP contribution in [0.3, 0.4) is 0 Å². The van der Waals surface area contributed by atoms with E-state index in [-0.39, 0.29) is 0 Å². The quantitative estimate of drug-likeness (QED) is 0.647. The summed E-state index contributed by atoms with van der Waals surface area (Å²) in [6.07, 6.45) is 8.97. The van der Waals surface area contributed by atoms with Crippen LogP contribution in [0.25, 0.3) is 0 Å². The van der Waals surface area contributed by atoms with Gasteiger partial charge in [0.05, 0.1) is 11.7 Å². The molecule has 1 unspecified atom stereocenters. The van der Waals surface area contributed by atoms with Crippen molar-refractivity contribution in [2.24, 2.45) is 0 Å². The van der Waals surface area contributed by atoms with Gasteiger partial charge in [-0.15, -0.1) is 0 Å². The zero-order valence-corrected chi connectivity index (χ0v) is 6.33. The SMILES string of the molecule is N#CCCC1(O)C=CC=CC1. The van der Waals surface area contributed by atoms with E-state index in [0.29, 0.717) is 19.3 Å². The molecule has 0 bridgehead atoms. The maximum absolute atomic E-state index is 9.71. The third-order valence-corrected chi connectivity index (χ3v) is 1.79. The lowest BCUT2D eigenvalue weighted by atomic mass is 9.91. The van der Waals surface area contributed by atoms with Crippen molar-refractivity contribution in [1.29, 1.82) is 5.26 Å². The largest absolute Gasteiger partial charge is 0.385 e. The molecule has 11 heavy (non-hydrogen) atoms. The Morgan fingerprint density at radius 3 is 2.91 bits per heavy atom. The van der Waals surface area contributed by atoms with Gasteiger partial charge in [-0.05, 0) is 12.8 Å². The first kappa shape index (κ1) is 8.03. The van der Waals surface area contributed by atoms with Gasteiger partial charge in [-0.1, -0.05) is 24.3 Å². The normalized spacial score (nSPS) is 28.4. The first-order valence-electron chi connectivity index (χ1n) is 3.70. The molecule has 0 heterocycles. The first-order chi connectivity index (χ1) is 5.27. The van der Waals surface area contributed by atoms with Crippen LogP contribution >= 0.6 is 0 Å². The predicted octanol–water partition coefficient (Wildman–Crippen LogP) is 1.54. The monoisotopic (exact) mass is 149 g/mol. The van der Waals surface area contributed by atoms with Crippen LogP contribution in [0.1, 0.15) is 19.3 Å². The van der Waals surface area contributed by atoms with Gasteiger partial charge in [0.1, 0.15) is 0 Å². The molecule has 1 N–H and O–H groups in total. The Hall–Kier alpha value is -1.07. The van der Waals surface area contributed by atoms with Crippen LogP contribution in [0.15, 0.2) is 24.3 Å². The predicted molar refractivity (Wildman–Crippen MR) is 42.7 cm³/mol. The average Bonchev–Trinajstić information content (AvgIpc) is 2.03. The van der Waals surface area contributed by atoms with E-state index >= 15 is 0 Å². The van der Waals surface area contributed by atoms with Crippen molar-refractivity contribution in [3.8, 4) is 6.07 Å². The number of rotatable bonds is 2. The van der Waals surface area contributed by atoms with Crippen LogP contribution in [0.2, 0.25) is 0 Å². The Bertz CT molecular complexity index is 224. The summed E-state index contributed by atoms with van der Waals surface area (Å²) in [4.78, 5) is 0. The number of aliphatic hydroxyl groups is 1. The molecule has 0 saturated heterocycles. The minimum absolute atomic E-state index is 0.411. The highest BCUT2D eigenvalue weighted by atomic mass is 16.3. The molecule has 0 saturated carbocycles. The Morgan fingerprint density at radius 1 is 1.55 bits per heavy atom. The molecule has 0 aromatic carbocycles. The molecule has 2 nitrogen and oxygen atoms in total. The minimum Gasteiger partial charge on any atom is -0.385 e. The summed E-state index contributed by atoms with van der Waals surface area (Å²) in [6.45, 7) is 0. The van der Waals surface area contributed by atoms with Gasteiger partial charge >= 0.3 is 0 Å². The van der Waals surface area contributed by atoms with Gasteiger partial charge in [-0.2, -0.15) is 5.26 Å². The van der Waals surface area contributed by atoms with Gasteiger partial charge in [-0.25, -0.2) is 0 Å². The van der Waals surface area contributed by atoms with Crippen molar-refractivity contribution >= 4 is 0 Å². The second-order valence-electron chi connectivity index (χ2n) is 2.75. The number of nitrogens with zero attached hydrogens (tertiary/aromatic N) is 1. The van der Waals surface area contributed by atoms with E-state index in [2.05, 4.69) is 0 Å². The molecular weight excluding hydrogens is 138 g/mol. The van der Waals surface area contributed by atoms with Crippen molar-refractivity contribution in [3.63, 3.8) is 0 Å². The number of hydrogen-bond acceptors (Lipinski definition) is 2. The van der Waals surface area contributed by atoms with Crippen molar-refractivity contribution in [3.05, 3.63) is 24.3 Å². The van der Waals surface area contributed by atoms with Gasteiger partial charge in [0.15, 0.2) is 0 Å². The molecule has 0 aromatic heterocycles. The third kappa shape index (κ3) is 2.21. The van der Waals surface area contributed by atoms with Crippen LogP contribution in [0, 0.1) is 11.3 Å². The topological polar surface area (TPSA) is 44.0 Å². The highest BCUT2D eigenvalue weighted by Crippen LogP contribution is 2.22. The van der Waals surface area contributed by atoms with Crippen LogP contribution in [0.4, 0.5) is 0 Å². The second-order valence-corrected chi connectivity index (χ2v) is 2.75. The molecule has 2 heteroatoms. The molecule has 0 radical (unpaired) electrons. The summed E-state index contributed by atoms with van der Waals surface area (Å²) >= 11 is 0. The fourth-order valence-electron chi connectivity index (χ4n) is 1.11. The summed E-state index contributed by atoms with van der Waals surface area (Å²) < 4.78 is 0. The van der Waals surface area contributed by atoms with Gasteiger partial charge < -0.3 is 5.11 Å². The van der Waals surface area contributed by atoms with Crippen molar-refractivity contribution < 1.29 is 5.11 Å². The van der Waals surface area contributed by atoms with E-state index in [1.165, 1.54) is 0 Å². The molecule has 1 aliphatic rings. The molecule has 0 aliphatic heterocycles. The lowest BCUT2D eigenvalue weighted by Gasteiger charge is -2.23. The minimum atomic E-state index is -0.759. The maximum atomic E-state index is 9.71. The maximum Gasteiger partial charge on any atom is 0.0874 e. The highest BCUT2D eigenvalue weighted by Gasteiger charge is 2.22. The van der Waals surface area contributed by atoms with Gasteiger partial charge in [-0.3, -0.25) is 0 Å². The summed E-state index contributed by atoms with van der Waals surface area (Å²) in [5.74, 6) is 0. The summed E-state index contributed by atoms with van der Waals surface area (Å²) in [7, 11) is 0. The first-order valence-corrected chi connectivity index (χ1v) is 3.70. The van der Waals surface area contributed by atoms with Crippen LogP contribution in [-0.4, -0.2) is 10.7 Å². The van der Waals surface area contributed by atoms with Gasteiger partial charge in [0.25, 0.3) is 0 Å². The molecule has 1 rings (SSSR count). The number of allylic oxidation sites excluding steroid dienone is 2. The van der Waals surface area contributed by atoms with E-state index < -0.39 is 5.60 Å². The summed E-state index contributed by atoms with van der Waals surface area (Å²) in [5.41, 5.74) is -0.759.